The molecule has 154 valence electrons. The average molecular weight is 434 g/mol. The first-order valence-corrected chi connectivity index (χ1v) is 11.1. The van der Waals surface area contributed by atoms with E-state index in [0.29, 0.717) is 11.3 Å². The highest BCUT2D eigenvalue weighted by Gasteiger charge is 2.28. The number of rotatable bonds is 8. The van der Waals surface area contributed by atoms with Gasteiger partial charge in [-0.3, -0.25) is 9.59 Å². The Hall–Kier alpha value is -2.39. The topological polar surface area (TPSA) is 85.5 Å². The Kier molecular flexibility index (Phi) is 6.92. The Labute approximate surface area is 177 Å². The second kappa shape index (κ2) is 9.41. The molecule has 0 saturated heterocycles. The van der Waals surface area contributed by atoms with E-state index in [4.69, 9.17) is 9.15 Å². The lowest BCUT2D eigenvalue weighted by molar-refractivity contribution is -0.144. The Morgan fingerprint density at radius 1 is 1.28 bits per heavy atom. The van der Waals surface area contributed by atoms with Gasteiger partial charge in [0.25, 0.3) is 5.91 Å². The second-order valence-corrected chi connectivity index (χ2v) is 9.02. The number of hydrogen-bond donors (Lipinski definition) is 0. The molecule has 3 aromatic rings. The number of fused-ring (bicyclic) bond motifs is 1. The third kappa shape index (κ3) is 4.97. The molecule has 1 aromatic carbocycles. The summed E-state index contributed by atoms with van der Waals surface area (Å²) in [5.74, 6) is -0.00456. The zero-order valence-electron chi connectivity index (χ0n) is 16.8. The molecular formula is C20H23N3O4S2. The highest BCUT2D eigenvalue weighted by Crippen LogP contribution is 2.33. The molecule has 0 bridgehead atoms. The van der Waals surface area contributed by atoms with Crippen LogP contribution in [0.3, 0.4) is 0 Å². The van der Waals surface area contributed by atoms with Gasteiger partial charge in [-0.15, -0.1) is 10.2 Å². The van der Waals surface area contributed by atoms with E-state index >= 15 is 0 Å². The third-order valence-electron chi connectivity index (χ3n) is 4.23. The van der Waals surface area contributed by atoms with Crippen molar-refractivity contribution in [3.8, 4) is 0 Å². The standard InChI is InChI=1S/C20H23N3O4S2/c1-5-26-17(24)10-23(12(2)3)19(25)18-15(11-28-20-22-21-13(4)29-20)14-8-6-7-9-16(14)27-18/h6-9,12H,5,10-11H2,1-4H3. The van der Waals surface area contributed by atoms with Gasteiger partial charge < -0.3 is 14.1 Å². The first kappa shape index (κ1) is 21.3. The third-order valence-corrected chi connectivity index (χ3v) is 6.23. The molecule has 0 fully saturated rings. The van der Waals surface area contributed by atoms with Crippen molar-refractivity contribution in [3.05, 3.63) is 40.6 Å². The molecule has 0 N–H and O–H groups in total. The molecular weight excluding hydrogens is 410 g/mol. The summed E-state index contributed by atoms with van der Waals surface area (Å²) in [5, 5.41) is 9.94. The van der Waals surface area contributed by atoms with Gasteiger partial charge >= 0.3 is 5.97 Å². The number of para-hydroxylation sites is 1. The highest BCUT2D eigenvalue weighted by atomic mass is 32.2. The molecule has 0 aliphatic rings. The van der Waals surface area contributed by atoms with Crippen LogP contribution in [-0.4, -0.2) is 46.2 Å². The van der Waals surface area contributed by atoms with Crippen molar-refractivity contribution in [2.45, 2.75) is 43.8 Å². The largest absolute Gasteiger partial charge is 0.465 e. The minimum atomic E-state index is -0.439. The van der Waals surface area contributed by atoms with Gasteiger partial charge in [0.15, 0.2) is 10.1 Å². The van der Waals surface area contributed by atoms with E-state index in [2.05, 4.69) is 10.2 Å². The van der Waals surface area contributed by atoms with Crippen molar-refractivity contribution in [2.75, 3.05) is 13.2 Å². The Bertz CT molecular complexity index is 1010. The Morgan fingerprint density at radius 3 is 2.69 bits per heavy atom. The molecule has 0 atom stereocenters. The van der Waals surface area contributed by atoms with Gasteiger partial charge in [-0.05, 0) is 33.8 Å². The molecule has 7 nitrogen and oxygen atoms in total. The number of aromatic nitrogens is 2. The highest BCUT2D eigenvalue weighted by molar-refractivity contribution is 8.00. The van der Waals surface area contributed by atoms with Gasteiger partial charge in [-0.2, -0.15) is 0 Å². The second-order valence-electron chi connectivity index (χ2n) is 6.61. The maximum Gasteiger partial charge on any atom is 0.325 e. The van der Waals surface area contributed by atoms with Gasteiger partial charge in [-0.1, -0.05) is 41.3 Å². The number of carbonyl (C=O) groups excluding carboxylic acids is 2. The summed E-state index contributed by atoms with van der Waals surface area (Å²) in [6.45, 7) is 7.51. The zero-order valence-corrected chi connectivity index (χ0v) is 18.4. The summed E-state index contributed by atoms with van der Waals surface area (Å²) in [7, 11) is 0. The molecule has 2 heterocycles. The van der Waals surface area contributed by atoms with Crippen LogP contribution in [-0.2, 0) is 15.3 Å². The summed E-state index contributed by atoms with van der Waals surface area (Å²) in [5.41, 5.74) is 1.43. The lowest BCUT2D eigenvalue weighted by Gasteiger charge is -2.25. The normalized spacial score (nSPS) is 11.2. The number of nitrogens with zero attached hydrogens (tertiary/aromatic N) is 3. The summed E-state index contributed by atoms with van der Waals surface area (Å²) in [6.07, 6.45) is 0. The molecule has 2 aromatic heterocycles. The molecule has 3 rings (SSSR count). The molecule has 0 saturated carbocycles. The molecule has 0 spiro atoms. The predicted molar refractivity (Wildman–Crippen MR) is 113 cm³/mol. The summed E-state index contributed by atoms with van der Waals surface area (Å²) >= 11 is 3.02. The maximum absolute atomic E-state index is 13.3. The van der Waals surface area contributed by atoms with Crippen LogP contribution in [0.4, 0.5) is 0 Å². The smallest absolute Gasteiger partial charge is 0.325 e. The van der Waals surface area contributed by atoms with E-state index in [1.807, 2.05) is 45.0 Å². The molecule has 1 amide bonds. The lowest BCUT2D eigenvalue weighted by Crippen LogP contribution is -2.41. The van der Waals surface area contributed by atoms with Crippen LogP contribution in [0, 0.1) is 6.92 Å². The average Bonchev–Trinajstić information content (AvgIpc) is 3.27. The van der Waals surface area contributed by atoms with Crippen LogP contribution in [0.25, 0.3) is 11.0 Å². The lowest BCUT2D eigenvalue weighted by atomic mass is 10.1. The number of thioether (sulfide) groups is 1. The van der Waals surface area contributed by atoms with E-state index in [0.717, 1.165) is 20.3 Å². The van der Waals surface area contributed by atoms with Gasteiger partial charge in [0.1, 0.15) is 17.1 Å². The number of esters is 1. The van der Waals surface area contributed by atoms with Crippen LogP contribution in [0.1, 0.15) is 41.9 Å². The van der Waals surface area contributed by atoms with E-state index in [-0.39, 0.29) is 30.9 Å². The van der Waals surface area contributed by atoms with Crippen molar-refractivity contribution < 1.29 is 18.7 Å². The van der Waals surface area contributed by atoms with Crippen LogP contribution in [0.5, 0.6) is 0 Å². The van der Waals surface area contributed by atoms with Crippen molar-refractivity contribution in [1.29, 1.82) is 0 Å². The minimum absolute atomic E-state index is 0.121. The number of carbonyl (C=O) groups is 2. The van der Waals surface area contributed by atoms with E-state index in [9.17, 15) is 9.59 Å². The monoisotopic (exact) mass is 433 g/mol. The van der Waals surface area contributed by atoms with Crippen molar-refractivity contribution in [1.82, 2.24) is 15.1 Å². The molecule has 29 heavy (non-hydrogen) atoms. The van der Waals surface area contributed by atoms with Crippen molar-refractivity contribution in [2.24, 2.45) is 0 Å². The number of ether oxygens (including phenoxy) is 1. The fourth-order valence-electron chi connectivity index (χ4n) is 2.85. The van der Waals surface area contributed by atoms with Gasteiger partial charge in [0.05, 0.1) is 6.61 Å². The maximum atomic E-state index is 13.3. The number of aryl methyl sites for hydroxylation is 1. The molecule has 0 aliphatic carbocycles. The van der Waals surface area contributed by atoms with Crippen LogP contribution in [0.15, 0.2) is 33.0 Å². The minimum Gasteiger partial charge on any atom is -0.465 e. The first-order chi connectivity index (χ1) is 13.9. The zero-order chi connectivity index (χ0) is 21.0. The van der Waals surface area contributed by atoms with E-state index in [1.165, 1.54) is 28.0 Å². The predicted octanol–water partition coefficient (Wildman–Crippen LogP) is 4.30. The fourth-order valence-corrected chi connectivity index (χ4v) is 4.69. The SMILES string of the molecule is CCOC(=O)CN(C(=O)c1oc2ccccc2c1CSc1nnc(C)s1)C(C)C. The number of hydrogen-bond acceptors (Lipinski definition) is 8. The molecule has 0 radical (unpaired) electrons. The van der Waals surface area contributed by atoms with Gasteiger partial charge in [0, 0.05) is 22.7 Å². The summed E-state index contributed by atoms with van der Waals surface area (Å²) in [4.78, 5) is 26.8. The number of benzene rings is 1. The van der Waals surface area contributed by atoms with E-state index in [1.54, 1.807) is 6.92 Å². The first-order valence-electron chi connectivity index (χ1n) is 9.30. The van der Waals surface area contributed by atoms with Gasteiger partial charge in [-0.25, -0.2) is 0 Å². The van der Waals surface area contributed by atoms with Crippen molar-refractivity contribution in [3.63, 3.8) is 0 Å². The van der Waals surface area contributed by atoms with Gasteiger partial charge in [0.2, 0.25) is 0 Å². The van der Waals surface area contributed by atoms with Crippen LogP contribution < -0.4 is 0 Å². The van der Waals surface area contributed by atoms with Crippen LogP contribution >= 0.6 is 23.1 Å². The number of amides is 1. The molecule has 0 unspecified atom stereocenters. The van der Waals surface area contributed by atoms with Crippen molar-refractivity contribution >= 4 is 45.9 Å². The van der Waals surface area contributed by atoms with Crippen LogP contribution in [0.2, 0.25) is 0 Å². The Balaban J connectivity index is 1.93. The number of furan rings is 1. The summed E-state index contributed by atoms with van der Waals surface area (Å²) in [6, 6.07) is 7.35. The fraction of sp³-hybridized carbons (Fsp3) is 0.400. The Morgan fingerprint density at radius 2 is 2.03 bits per heavy atom. The quantitative estimate of drug-likeness (QED) is 0.387. The molecule has 9 heteroatoms. The summed E-state index contributed by atoms with van der Waals surface area (Å²) < 4.78 is 11.8. The van der Waals surface area contributed by atoms with E-state index < -0.39 is 5.97 Å². The molecule has 0 aliphatic heterocycles.